The van der Waals surface area contributed by atoms with Crippen molar-refractivity contribution in [3.8, 4) is 11.5 Å². The van der Waals surface area contributed by atoms with Crippen LogP contribution >= 0.6 is 0 Å². The number of rotatable bonds is 2. The molecule has 2 N–H and O–H groups in total. The Morgan fingerprint density at radius 2 is 1.53 bits per heavy atom. The van der Waals surface area contributed by atoms with Crippen molar-refractivity contribution in [3.05, 3.63) is 87.7 Å². The number of phenols is 2. The monoisotopic (exact) mass is 436 g/mol. The van der Waals surface area contributed by atoms with Gasteiger partial charge in [0.1, 0.15) is 4.90 Å². The zero-order chi connectivity index (χ0) is 22.0. The van der Waals surface area contributed by atoms with Gasteiger partial charge in [-0.05, 0) is 49.2 Å². The topological polar surface area (TPSA) is 83.8 Å². The van der Waals surface area contributed by atoms with Crippen molar-refractivity contribution in [2.75, 3.05) is 0 Å². The summed E-state index contributed by atoms with van der Waals surface area (Å²) in [5, 5.41) is 19.4. The number of halogens is 3. The van der Waals surface area contributed by atoms with Crippen LogP contribution in [0.15, 0.2) is 47.4 Å². The first kappa shape index (κ1) is 20.2. The van der Waals surface area contributed by atoms with Gasteiger partial charge < -0.3 is 10.2 Å². The van der Waals surface area contributed by atoms with E-state index >= 15 is 0 Å². The number of hydrogen-bond acceptors (Lipinski definition) is 5. The van der Waals surface area contributed by atoms with Gasteiger partial charge in [-0.1, -0.05) is 18.2 Å². The molecule has 1 atom stereocenters. The SMILES string of the molecule is Cc1cc(O)c(F)cc1C1(c2cc(F)c(O)c(F)c2C)OS(=O)(=O)c2ccccc21. The standard InChI is InChI=1S/C21H15F3O5S/c1-10-7-17(25)15(22)8-13(10)21(14-9-16(23)20(26)19(24)11(14)2)12-5-3-4-6-18(12)30(27,28)29-21/h3-9,25-26H,1-2H3. The number of fused-ring (bicyclic) bond motifs is 1. The molecule has 4 rings (SSSR count). The first-order valence-corrected chi connectivity index (χ1v) is 10.1. The lowest BCUT2D eigenvalue weighted by Gasteiger charge is -2.32. The number of benzene rings is 3. The van der Waals surface area contributed by atoms with Crippen molar-refractivity contribution in [1.29, 1.82) is 0 Å². The smallest absolute Gasteiger partial charge is 0.298 e. The van der Waals surface area contributed by atoms with Crippen LogP contribution in [0.2, 0.25) is 0 Å². The van der Waals surface area contributed by atoms with Crippen LogP contribution < -0.4 is 0 Å². The predicted octanol–water partition coefficient (Wildman–Crippen LogP) is 4.14. The molecule has 1 unspecified atom stereocenters. The Hall–Kier alpha value is -3.04. The Morgan fingerprint density at radius 3 is 2.23 bits per heavy atom. The molecular formula is C21H15F3O5S. The zero-order valence-corrected chi connectivity index (χ0v) is 16.5. The van der Waals surface area contributed by atoms with Crippen molar-refractivity contribution in [1.82, 2.24) is 0 Å². The molecule has 0 saturated heterocycles. The number of phenolic OH excluding ortho intramolecular Hbond substituents is 2. The number of aryl methyl sites for hydroxylation is 1. The normalized spacial score (nSPS) is 19.6. The largest absolute Gasteiger partial charge is 0.505 e. The minimum Gasteiger partial charge on any atom is -0.505 e. The molecule has 156 valence electrons. The lowest BCUT2D eigenvalue weighted by Crippen LogP contribution is -2.32. The summed E-state index contributed by atoms with van der Waals surface area (Å²) in [7, 11) is -4.39. The van der Waals surface area contributed by atoms with Crippen LogP contribution in [0.4, 0.5) is 13.2 Å². The van der Waals surface area contributed by atoms with Crippen LogP contribution in [-0.2, 0) is 19.9 Å². The quantitative estimate of drug-likeness (QED) is 0.590. The first-order valence-electron chi connectivity index (χ1n) is 8.73. The molecule has 30 heavy (non-hydrogen) atoms. The third-order valence-corrected chi connectivity index (χ3v) is 6.63. The highest BCUT2D eigenvalue weighted by molar-refractivity contribution is 7.87. The van der Waals surface area contributed by atoms with E-state index < -0.39 is 44.7 Å². The third-order valence-electron chi connectivity index (χ3n) is 5.26. The molecule has 0 bridgehead atoms. The van der Waals surface area contributed by atoms with Gasteiger partial charge in [-0.25, -0.2) is 17.4 Å². The van der Waals surface area contributed by atoms with E-state index in [9.17, 15) is 31.8 Å². The third kappa shape index (κ3) is 2.62. The second kappa shape index (κ2) is 6.48. The molecule has 0 aromatic heterocycles. The van der Waals surface area contributed by atoms with Crippen LogP contribution in [0, 0.1) is 31.3 Å². The van der Waals surface area contributed by atoms with Gasteiger partial charge in [0.15, 0.2) is 34.6 Å². The van der Waals surface area contributed by atoms with Crippen LogP contribution in [0.1, 0.15) is 27.8 Å². The lowest BCUT2D eigenvalue weighted by molar-refractivity contribution is 0.176. The minimum atomic E-state index is -4.39. The number of hydrogen-bond donors (Lipinski definition) is 2. The van der Waals surface area contributed by atoms with Crippen LogP contribution in [0.3, 0.4) is 0 Å². The molecule has 3 aromatic rings. The first-order chi connectivity index (χ1) is 14.0. The van der Waals surface area contributed by atoms with Gasteiger partial charge in [-0.15, -0.1) is 0 Å². The van der Waals surface area contributed by atoms with Gasteiger partial charge in [-0.3, -0.25) is 0 Å². The molecule has 0 fully saturated rings. The van der Waals surface area contributed by atoms with E-state index in [0.717, 1.165) is 18.2 Å². The number of aromatic hydroxyl groups is 2. The van der Waals surface area contributed by atoms with Crippen molar-refractivity contribution in [2.45, 2.75) is 24.3 Å². The molecule has 0 aliphatic carbocycles. The van der Waals surface area contributed by atoms with E-state index in [1.54, 1.807) is 0 Å². The fourth-order valence-electron chi connectivity index (χ4n) is 3.87. The molecule has 9 heteroatoms. The van der Waals surface area contributed by atoms with E-state index in [0.29, 0.717) is 0 Å². The molecule has 1 heterocycles. The zero-order valence-electron chi connectivity index (χ0n) is 15.7. The van der Waals surface area contributed by atoms with Crippen molar-refractivity contribution < 1.29 is 36.0 Å². The summed E-state index contributed by atoms with van der Waals surface area (Å²) in [5.74, 6) is -5.62. The van der Waals surface area contributed by atoms with Gasteiger partial charge in [0, 0.05) is 16.7 Å². The molecule has 1 aliphatic rings. The molecular weight excluding hydrogens is 421 g/mol. The van der Waals surface area contributed by atoms with Crippen LogP contribution in [0.5, 0.6) is 11.5 Å². The van der Waals surface area contributed by atoms with E-state index in [2.05, 4.69) is 0 Å². The highest BCUT2D eigenvalue weighted by atomic mass is 32.2. The van der Waals surface area contributed by atoms with E-state index in [1.807, 2.05) is 0 Å². The van der Waals surface area contributed by atoms with Gasteiger partial charge >= 0.3 is 0 Å². The van der Waals surface area contributed by atoms with Crippen molar-refractivity contribution in [3.63, 3.8) is 0 Å². The van der Waals surface area contributed by atoms with Crippen LogP contribution in [0.25, 0.3) is 0 Å². The lowest BCUT2D eigenvalue weighted by atomic mass is 9.76. The summed E-state index contributed by atoms with van der Waals surface area (Å²) in [6.07, 6.45) is 0. The summed E-state index contributed by atoms with van der Waals surface area (Å²) >= 11 is 0. The highest BCUT2D eigenvalue weighted by Gasteiger charge is 2.53. The Balaban J connectivity index is 2.23. The fraction of sp³-hybridized carbons (Fsp3) is 0.143. The summed E-state index contributed by atoms with van der Waals surface area (Å²) in [6.45, 7) is 2.68. The highest BCUT2D eigenvalue weighted by Crippen LogP contribution is 2.53. The molecule has 5 nitrogen and oxygen atoms in total. The fourth-order valence-corrected chi connectivity index (χ4v) is 5.28. The Bertz CT molecular complexity index is 1320. The summed E-state index contributed by atoms with van der Waals surface area (Å²) in [6, 6.07) is 8.30. The second-order valence-corrected chi connectivity index (χ2v) is 8.54. The van der Waals surface area contributed by atoms with Gasteiger partial charge in [-0.2, -0.15) is 8.42 Å². The second-order valence-electron chi connectivity index (χ2n) is 7.03. The molecule has 0 spiro atoms. The van der Waals surface area contributed by atoms with Crippen molar-refractivity contribution >= 4 is 10.1 Å². The van der Waals surface area contributed by atoms with E-state index in [1.165, 1.54) is 38.1 Å². The predicted molar refractivity (Wildman–Crippen MR) is 100 cm³/mol. The molecule has 1 aliphatic heterocycles. The van der Waals surface area contributed by atoms with Gasteiger partial charge in [0.25, 0.3) is 10.1 Å². The molecule has 3 aromatic carbocycles. The van der Waals surface area contributed by atoms with Gasteiger partial charge in [0.05, 0.1) is 0 Å². The van der Waals surface area contributed by atoms with Crippen molar-refractivity contribution in [2.24, 2.45) is 0 Å². The Labute approximate surface area is 170 Å². The Morgan fingerprint density at radius 1 is 0.900 bits per heavy atom. The summed E-state index contributed by atoms with van der Waals surface area (Å²) < 4.78 is 74.4. The maximum Gasteiger partial charge on any atom is 0.298 e. The molecule has 0 amide bonds. The average molecular weight is 436 g/mol. The summed E-state index contributed by atoms with van der Waals surface area (Å²) in [4.78, 5) is -0.244. The van der Waals surface area contributed by atoms with Crippen LogP contribution in [-0.4, -0.2) is 18.6 Å². The molecule has 0 radical (unpaired) electrons. The van der Waals surface area contributed by atoms with E-state index in [4.69, 9.17) is 4.18 Å². The maximum atomic E-state index is 14.6. The van der Waals surface area contributed by atoms with Gasteiger partial charge in [0.2, 0.25) is 0 Å². The van der Waals surface area contributed by atoms with E-state index in [-0.39, 0.29) is 32.7 Å². The maximum absolute atomic E-state index is 14.6. The summed E-state index contributed by atoms with van der Waals surface area (Å²) in [5.41, 5.74) is -2.53. The Kier molecular flexibility index (Phi) is 4.37. The minimum absolute atomic E-state index is 0.0192. The molecule has 0 saturated carbocycles. The average Bonchev–Trinajstić information content (AvgIpc) is 2.94.